The zero-order valence-corrected chi connectivity index (χ0v) is 14.2. The molecule has 23 heavy (non-hydrogen) atoms. The number of methoxy groups -OCH3 is 1. The van der Waals surface area contributed by atoms with Gasteiger partial charge in [0.15, 0.2) is 0 Å². The van der Waals surface area contributed by atoms with Crippen molar-refractivity contribution in [3.8, 4) is 5.75 Å². The van der Waals surface area contributed by atoms with Crippen molar-refractivity contribution in [2.75, 3.05) is 26.8 Å². The average Bonchev–Trinajstić information content (AvgIpc) is 2.93. The predicted octanol–water partition coefficient (Wildman–Crippen LogP) is 2.41. The molecule has 1 fully saturated rings. The van der Waals surface area contributed by atoms with Crippen LogP contribution < -0.4 is 4.74 Å². The molecule has 5 heteroatoms. The molecule has 5 nitrogen and oxygen atoms in total. The van der Waals surface area contributed by atoms with Gasteiger partial charge in [0.25, 0.3) is 0 Å². The number of benzene rings is 1. The number of hydrogen-bond donors (Lipinski definition) is 0. The molecule has 0 bridgehead atoms. The van der Waals surface area contributed by atoms with Crippen molar-refractivity contribution in [2.24, 2.45) is 0 Å². The molecule has 2 aromatic rings. The monoisotopic (exact) mass is 315 g/mol. The molecule has 3 rings (SSSR count). The Kier molecular flexibility index (Phi) is 4.98. The lowest BCUT2D eigenvalue weighted by Gasteiger charge is -2.33. The first-order valence-corrected chi connectivity index (χ1v) is 8.10. The van der Waals surface area contributed by atoms with Gasteiger partial charge < -0.3 is 9.47 Å². The molecule has 1 atom stereocenters. The Balaban J connectivity index is 1.63. The van der Waals surface area contributed by atoms with E-state index in [4.69, 9.17) is 9.47 Å². The summed E-state index contributed by atoms with van der Waals surface area (Å²) in [6.45, 7) is 8.49. The molecule has 0 spiro atoms. The number of nitrogens with zero attached hydrogens (tertiary/aromatic N) is 3. The van der Waals surface area contributed by atoms with E-state index in [1.54, 1.807) is 7.11 Å². The average molecular weight is 315 g/mol. The summed E-state index contributed by atoms with van der Waals surface area (Å²) < 4.78 is 13.4. The van der Waals surface area contributed by atoms with E-state index < -0.39 is 0 Å². The topological polar surface area (TPSA) is 39.5 Å². The number of ether oxygens (including phenoxy) is 2. The SMILES string of the molecule is COc1ccc(C)cc1CN1CCO[C@@H](Cn2cc(C)cn2)C1. The maximum atomic E-state index is 5.91. The molecule has 0 amide bonds. The fourth-order valence-corrected chi connectivity index (χ4v) is 3.08. The number of aryl methyl sites for hydroxylation is 2. The van der Waals surface area contributed by atoms with Crippen LogP contribution in [0.2, 0.25) is 0 Å². The molecular formula is C18H25N3O2. The van der Waals surface area contributed by atoms with Crippen LogP contribution >= 0.6 is 0 Å². The van der Waals surface area contributed by atoms with Gasteiger partial charge in [-0.3, -0.25) is 9.58 Å². The van der Waals surface area contributed by atoms with E-state index in [0.717, 1.165) is 38.5 Å². The minimum atomic E-state index is 0.179. The summed E-state index contributed by atoms with van der Waals surface area (Å²) in [5, 5.41) is 4.36. The van der Waals surface area contributed by atoms with Gasteiger partial charge in [0.2, 0.25) is 0 Å². The molecule has 0 aliphatic carbocycles. The van der Waals surface area contributed by atoms with Crippen molar-refractivity contribution in [3.63, 3.8) is 0 Å². The molecule has 0 radical (unpaired) electrons. The summed E-state index contributed by atoms with van der Waals surface area (Å²) in [4.78, 5) is 2.43. The zero-order valence-electron chi connectivity index (χ0n) is 14.2. The van der Waals surface area contributed by atoms with Crippen LogP contribution in [0.5, 0.6) is 5.75 Å². The molecule has 1 aliphatic rings. The third-order valence-corrected chi connectivity index (χ3v) is 4.21. The highest BCUT2D eigenvalue weighted by molar-refractivity contribution is 5.36. The van der Waals surface area contributed by atoms with Gasteiger partial charge in [-0.25, -0.2) is 0 Å². The highest BCUT2D eigenvalue weighted by Crippen LogP contribution is 2.22. The first kappa shape index (κ1) is 16.0. The lowest BCUT2D eigenvalue weighted by atomic mass is 10.1. The fraction of sp³-hybridized carbons (Fsp3) is 0.500. The van der Waals surface area contributed by atoms with Gasteiger partial charge in [0.1, 0.15) is 5.75 Å². The lowest BCUT2D eigenvalue weighted by molar-refractivity contribution is -0.0403. The normalized spacial score (nSPS) is 19.0. The smallest absolute Gasteiger partial charge is 0.123 e. The van der Waals surface area contributed by atoms with Crippen LogP contribution in [0.15, 0.2) is 30.6 Å². The Morgan fingerprint density at radius 2 is 2.17 bits per heavy atom. The Morgan fingerprint density at radius 1 is 1.30 bits per heavy atom. The van der Waals surface area contributed by atoms with Crippen molar-refractivity contribution in [1.82, 2.24) is 14.7 Å². The number of morpholine rings is 1. The highest BCUT2D eigenvalue weighted by Gasteiger charge is 2.22. The molecule has 1 saturated heterocycles. The van der Waals surface area contributed by atoms with Crippen LogP contribution in [0.25, 0.3) is 0 Å². The first-order chi connectivity index (χ1) is 11.1. The summed E-state index contributed by atoms with van der Waals surface area (Å²) in [5.41, 5.74) is 3.68. The van der Waals surface area contributed by atoms with Gasteiger partial charge >= 0.3 is 0 Å². The van der Waals surface area contributed by atoms with E-state index in [9.17, 15) is 0 Å². The van der Waals surface area contributed by atoms with Gasteiger partial charge in [-0.05, 0) is 25.5 Å². The summed E-state index contributed by atoms with van der Waals surface area (Å²) in [5.74, 6) is 0.960. The maximum absolute atomic E-state index is 5.91. The Hall–Kier alpha value is -1.85. The minimum absolute atomic E-state index is 0.179. The van der Waals surface area contributed by atoms with E-state index in [1.807, 2.05) is 10.9 Å². The summed E-state index contributed by atoms with van der Waals surface area (Å²) in [6.07, 6.45) is 4.13. The molecule has 0 saturated carbocycles. The van der Waals surface area contributed by atoms with Gasteiger partial charge in [0, 0.05) is 31.4 Å². The lowest BCUT2D eigenvalue weighted by Crippen LogP contribution is -2.43. The fourth-order valence-electron chi connectivity index (χ4n) is 3.08. The van der Waals surface area contributed by atoms with E-state index >= 15 is 0 Å². The van der Waals surface area contributed by atoms with Crippen LogP contribution in [0, 0.1) is 13.8 Å². The van der Waals surface area contributed by atoms with Gasteiger partial charge in [-0.15, -0.1) is 0 Å². The second kappa shape index (κ2) is 7.15. The van der Waals surface area contributed by atoms with Crippen molar-refractivity contribution in [2.45, 2.75) is 33.0 Å². The van der Waals surface area contributed by atoms with Crippen molar-refractivity contribution < 1.29 is 9.47 Å². The number of hydrogen-bond acceptors (Lipinski definition) is 4. The molecule has 0 N–H and O–H groups in total. The second-order valence-corrected chi connectivity index (χ2v) is 6.28. The third-order valence-electron chi connectivity index (χ3n) is 4.21. The van der Waals surface area contributed by atoms with Gasteiger partial charge in [0.05, 0.1) is 32.6 Å². The third kappa shape index (κ3) is 4.12. The first-order valence-electron chi connectivity index (χ1n) is 8.10. The number of rotatable bonds is 5. The van der Waals surface area contributed by atoms with Crippen LogP contribution in [0.4, 0.5) is 0 Å². The van der Waals surface area contributed by atoms with Gasteiger partial charge in [-0.1, -0.05) is 17.7 Å². The van der Waals surface area contributed by atoms with Gasteiger partial charge in [-0.2, -0.15) is 5.10 Å². The van der Waals surface area contributed by atoms with Crippen molar-refractivity contribution in [3.05, 3.63) is 47.3 Å². The van der Waals surface area contributed by atoms with Crippen LogP contribution in [0.1, 0.15) is 16.7 Å². The minimum Gasteiger partial charge on any atom is -0.496 e. The van der Waals surface area contributed by atoms with Crippen molar-refractivity contribution in [1.29, 1.82) is 0 Å². The van der Waals surface area contributed by atoms with Crippen LogP contribution in [-0.2, 0) is 17.8 Å². The summed E-state index contributed by atoms with van der Waals surface area (Å²) >= 11 is 0. The van der Waals surface area contributed by atoms with E-state index in [-0.39, 0.29) is 6.10 Å². The summed E-state index contributed by atoms with van der Waals surface area (Å²) in [7, 11) is 1.73. The molecule has 1 aromatic heterocycles. The van der Waals surface area contributed by atoms with E-state index in [2.05, 4.69) is 48.2 Å². The van der Waals surface area contributed by atoms with Crippen molar-refractivity contribution >= 4 is 0 Å². The molecular weight excluding hydrogens is 290 g/mol. The van der Waals surface area contributed by atoms with E-state index in [0.29, 0.717) is 0 Å². The Labute approximate surface area is 137 Å². The maximum Gasteiger partial charge on any atom is 0.123 e. The second-order valence-electron chi connectivity index (χ2n) is 6.28. The Morgan fingerprint density at radius 3 is 2.91 bits per heavy atom. The Bertz CT molecular complexity index is 653. The van der Waals surface area contributed by atoms with E-state index in [1.165, 1.54) is 16.7 Å². The van der Waals surface area contributed by atoms with Crippen LogP contribution in [0.3, 0.4) is 0 Å². The molecule has 0 unspecified atom stereocenters. The predicted molar refractivity (Wildman–Crippen MR) is 89.7 cm³/mol. The largest absolute Gasteiger partial charge is 0.496 e. The highest BCUT2D eigenvalue weighted by atomic mass is 16.5. The zero-order chi connectivity index (χ0) is 16.2. The molecule has 1 aromatic carbocycles. The number of aromatic nitrogens is 2. The molecule has 1 aliphatic heterocycles. The standard InChI is InChI=1S/C18H25N3O2/c1-14-4-5-18(22-3)16(8-14)11-20-6-7-23-17(12-20)13-21-10-15(2)9-19-21/h4-5,8-10,17H,6-7,11-13H2,1-3H3/t17-/m1/s1. The molecule has 2 heterocycles. The quantitative estimate of drug-likeness (QED) is 0.849. The van der Waals surface area contributed by atoms with Crippen LogP contribution in [-0.4, -0.2) is 47.6 Å². The molecule has 124 valence electrons. The summed E-state index contributed by atoms with van der Waals surface area (Å²) in [6, 6.07) is 6.35.